The summed E-state index contributed by atoms with van der Waals surface area (Å²) in [7, 11) is 1.62. The van der Waals surface area contributed by atoms with Gasteiger partial charge in [-0.3, -0.25) is 9.59 Å². The maximum atomic E-state index is 12.6. The first-order valence-electron chi connectivity index (χ1n) is 10.0. The summed E-state index contributed by atoms with van der Waals surface area (Å²) in [6.07, 6.45) is 5.76. The topological polar surface area (TPSA) is 84.7 Å². The van der Waals surface area contributed by atoms with Crippen LogP contribution < -0.4 is 15.8 Å². The van der Waals surface area contributed by atoms with Crippen molar-refractivity contribution in [2.24, 2.45) is 11.7 Å². The Morgan fingerprint density at radius 1 is 1.19 bits per heavy atom. The van der Waals surface area contributed by atoms with E-state index < -0.39 is 0 Å². The fraction of sp³-hybridized carbons (Fsp3) is 0.619. The molecular weight excluding hydrogens is 342 g/mol. The number of nitrogens with one attached hydrogen (secondary N) is 1. The molecule has 0 bridgehead atoms. The molecule has 2 atom stereocenters. The van der Waals surface area contributed by atoms with Crippen LogP contribution >= 0.6 is 0 Å². The second-order valence-electron chi connectivity index (χ2n) is 7.78. The number of likely N-dealkylation sites (tertiary alicyclic amines) is 1. The third kappa shape index (κ3) is 5.22. The third-order valence-corrected chi connectivity index (χ3v) is 5.81. The maximum Gasteiger partial charge on any atom is 0.227 e. The van der Waals surface area contributed by atoms with E-state index in [9.17, 15) is 9.59 Å². The summed E-state index contributed by atoms with van der Waals surface area (Å²) in [5, 5.41) is 3.18. The predicted molar refractivity (Wildman–Crippen MR) is 104 cm³/mol. The molecule has 2 aliphatic rings. The first-order chi connectivity index (χ1) is 13.1. The van der Waals surface area contributed by atoms with E-state index in [-0.39, 0.29) is 29.8 Å². The van der Waals surface area contributed by atoms with Gasteiger partial charge in [0.15, 0.2) is 0 Å². The molecule has 3 rings (SSSR count). The fourth-order valence-electron chi connectivity index (χ4n) is 4.18. The smallest absolute Gasteiger partial charge is 0.227 e. The van der Waals surface area contributed by atoms with Crippen molar-refractivity contribution in [2.45, 2.75) is 57.0 Å². The van der Waals surface area contributed by atoms with Crippen molar-refractivity contribution in [3.8, 4) is 5.75 Å². The van der Waals surface area contributed by atoms with Crippen molar-refractivity contribution in [3.05, 3.63) is 29.8 Å². The summed E-state index contributed by atoms with van der Waals surface area (Å²) in [4.78, 5) is 27.0. The number of ether oxygens (including phenoxy) is 1. The Morgan fingerprint density at radius 3 is 2.63 bits per heavy atom. The summed E-state index contributed by atoms with van der Waals surface area (Å²) in [5.41, 5.74) is 6.91. The number of nitrogens with zero attached hydrogens (tertiary/aromatic N) is 1. The van der Waals surface area contributed by atoms with Gasteiger partial charge in [0.05, 0.1) is 13.5 Å². The molecule has 1 aromatic carbocycles. The monoisotopic (exact) mass is 373 g/mol. The zero-order valence-electron chi connectivity index (χ0n) is 16.2. The molecule has 1 saturated carbocycles. The van der Waals surface area contributed by atoms with Gasteiger partial charge in [0.2, 0.25) is 11.8 Å². The molecular formula is C21H31N3O3. The van der Waals surface area contributed by atoms with Crippen LogP contribution in [0.2, 0.25) is 0 Å². The second-order valence-corrected chi connectivity index (χ2v) is 7.78. The van der Waals surface area contributed by atoms with Crippen LogP contribution in [0.25, 0.3) is 0 Å². The summed E-state index contributed by atoms with van der Waals surface area (Å²) in [6, 6.07) is 7.94. The second kappa shape index (κ2) is 9.22. The number of carbonyl (C=O) groups excluding carboxylic acids is 2. The lowest BCUT2D eigenvalue weighted by Crippen LogP contribution is -2.49. The van der Waals surface area contributed by atoms with Gasteiger partial charge in [-0.25, -0.2) is 0 Å². The summed E-state index contributed by atoms with van der Waals surface area (Å²) >= 11 is 0. The summed E-state index contributed by atoms with van der Waals surface area (Å²) < 4.78 is 5.33. The maximum absolute atomic E-state index is 12.6. The van der Waals surface area contributed by atoms with Crippen LogP contribution in [0.4, 0.5) is 0 Å². The number of carbonyl (C=O) groups is 2. The van der Waals surface area contributed by atoms with Crippen LogP contribution in [0.3, 0.4) is 0 Å². The van der Waals surface area contributed by atoms with E-state index in [2.05, 4.69) is 5.32 Å². The Bertz CT molecular complexity index is 656. The first kappa shape index (κ1) is 19.7. The molecule has 3 N–H and O–H groups in total. The normalized spacial score (nSPS) is 23.7. The van der Waals surface area contributed by atoms with Gasteiger partial charge < -0.3 is 20.7 Å². The minimum atomic E-state index is 0.0546. The Hall–Kier alpha value is -2.08. The van der Waals surface area contributed by atoms with Crippen LogP contribution in [0.1, 0.15) is 44.1 Å². The van der Waals surface area contributed by atoms with Gasteiger partial charge in [-0.05, 0) is 38.2 Å². The lowest BCUT2D eigenvalue weighted by molar-refractivity contribution is -0.132. The average molecular weight is 373 g/mol. The van der Waals surface area contributed by atoms with E-state index in [1.54, 1.807) is 7.11 Å². The van der Waals surface area contributed by atoms with Crippen LogP contribution in [-0.4, -0.2) is 49.0 Å². The molecule has 2 unspecified atom stereocenters. The van der Waals surface area contributed by atoms with Crippen molar-refractivity contribution in [3.63, 3.8) is 0 Å². The van der Waals surface area contributed by atoms with Gasteiger partial charge in [-0.2, -0.15) is 0 Å². The minimum absolute atomic E-state index is 0.0546. The van der Waals surface area contributed by atoms with Crippen molar-refractivity contribution in [1.29, 1.82) is 0 Å². The van der Waals surface area contributed by atoms with Gasteiger partial charge in [-0.1, -0.05) is 24.6 Å². The number of hydrogen-bond donors (Lipinski definition) is 2. The lowest BCUT2D eigenvalue weighted by Gasteiger charge is -2.34. The SMILES string of the molecule is COc1ccccc1CC(=O)N1CCC(NC(=O)C2CCCC(N)C2)CC1. The van der Waals surface area contributed by atoms with Gasteiger partial charge in [0.25, 0.3) is 0 Å². The highest BCUT2D eigenvalue weighted by atomic mass is 16.5. The van der Waals surface area contributed by atoms with E-state index in [0.717, 1.165) is 49.8 Å². The van der Waals surface area contributed by atoms with Crippen LogP contribution in [0.15, 0.2) is 24.3 Å². The summed E-state index contributed by atoms with van der Waals surface area (Å²) in [5.74, 6) is 1.06. The standard InChI is InChI=1S/C21H31N3O3/c1-27-19-8-3-2-5-15(19)14-20(25)24-11-9-18(10-12-24)23-21(26)16-6-4-7-17(22)13-16/h2-3,5,8,16-18H,4,6-7,9-14,22H2,1H3,(H,23,26). The first-order valence-corrected chi connectivity index (χ1v) is 10.0. The molecule has 27 heavy (non-hydrogen) atoms. The van der Waals surface area contributed by atoms with Gasteiger partial charge in [-0.15, -0.1) is 0 Å². The quantitative estimate of drug-likeness (QED) is 0.825. The van der Waals surface area contributed by atoms with Crippen LogP contribution in [-0.2, 0) is 16.0 Å². The Labute approximate surface area is 161 Å². The van der Waals surface area contributed by atoms with E-state index >= 15 is 0 Å². The molecule has 1 heterocycles. The van der Waals surface area contributed by atoms with E-state index in [0.29, 0.717) is 19.5 Å². The molecule has 6 heteroatoms. The van der Waals surface area contributed by atoms with E-state index in [1.165, 1.54) is 0 Å². The Kier molecular flexibility index (Phi) is 6.72. The number of para-hydroxylation sites is 1. The van der Waals surface area contributed by atoms with Crippen molar-refractivity contribution in [1.82, 2.24) is 10.2 Å². The van der Waals surface area contributed by atoms with E-state index in [4.69, 9.17) is 10.5 Å². The molecule has 1 aliphatic heterocycles. The van der Waals surface area contributed by atoms with Crippen LogP contribution in [0.5, 0.6) is 5.75 Å². The number of methoxy groups -OCH3 is 1. The van der Waals surface area contributed by atoms with Crippen molar-refractivity contribution >= 4 is 11.8 Å². The van der Waals surface area contributed by atoms with E-state index in [1.807, 2.05) is 29.2 Å². The number of hydrogen-bond acceptors (Lipinski definition) is 4. The molecule has 0 spiro atoms. The molecule has 148 valence electrons. The average Bonchev–Trinajstić information content (AvgIpc) is 2.69. The highest BCUT2D eigenvalue weighted by molar-refractivity contribution is 5.80. The Balaban J connectivity index is 1.45. The van der Waals surface area contributed by atoms with Gasteiger partial charge in [0.1, 0.15) is 5.75 Å². The largest absolute Gasteiger partial charge is 0.496 e. The zero-order chi connectivity index (χ0) is 19.2. The van der Waals surface area contributed by atoms with Gasteiger partial charge in [0, 0.05) is 36.7 Å². The highest BCUT2D eigenvalue weighted by Gasteiger charge is 2.29. The summed E-state index contributed by atoms with van der Waals surface area (Å²) in [6.45, 7) is 1.37. The lowest BCUT2D eigenvalue weighted by atomic mass is 9.85. The molecule has 2 fully saturated rings. The molecule has 2 amide bonds. The minimum Gasteiger partial charge on any atom is -0.496 e. The van der Waals surface area contributed by atoms with Crippen molar-refractivity contribution < 1.29 is 14.3 Å². The molecule has 0 radical (unpaired) electrons. The fourth-order valence-corrected chi connectivity index (χ4v) is 4.18. The molecule has 0 aromatic heterocycles. The number of benzene rings is 1. The van der Waals surface area contributed by atoms with Crippen LogP contribution in [0, 0.1) is 5.92 Å². The number of nitrogens with two attached hydrogens (primary N) is 1. The number of piperidine rings is 1. The van der Waals surface area contributed by atoms with Gasteiger partial charge >= 0.3 is 0 Å². The molecule has 1 saturated heterocycles. The number of amides is 2. The zero-order valence-corrected chi connectivity index (χ0v) is 16.2. The molecule has 6 nitrogen and oxygen atoms in total. The predicted octanol–water partition coefficient (Wildman–Crippen LogP) is 1.86. The highest BCUT2D eigenvalue weighted by Crippen LogP contribution is 2.24. The third-order valence-electron chi connectivity index (χ3n) is 5.81. The van der Waals surface area contributed by atoms with Crippen molar-refractivity contribution in [2.75, 3.05) is 20.2 Å². The molecule has 1 aliphatic carbocycles. The Morgan fingerprint density at radius 2 is 1.93 bits per heavy atom. The number of rotatable bonds is 5. The molecule has 1 aromatic rings.